The van der Waals surface area contributed by atoms with E-state index in [-0.39, 0.29) is 24.2 Å². The Morgan fingerprint density at radius 1 is 1.19 bits per heavy atom. The fourth-order valence-corrected chi connectivity index (χ4v) is 5.12. The topological polar surface area (TPSA) is 57.2 Å². The molecule has 0 aliphatic carbocycles. The molecule has 3 aliphatic rings. The van der Waals surface area contributed by atoms with Crippen LogP contribution in [-0.4, -0.2) is 49.4 Å². The van der Waals surface area contributed by atoms with Crippen LogP contribution in [-0.2, 0) is 4.79 Å². The van der Waals surface area contributed by atoms with E-state index in [1.807, 2.05) is 30.0 Å². The van der Waals surface area contributed by atoms with E-state index in [2.05, 4.69) is 35.5 Å². The van der Waals surface area contributed by atoms with Gasteiger partial charge in [0.15, 0.2) is 5.84 Å². The lowest BCUT2D eigenvalue weighted by Crippen LogP contribution is -2.55. The van der Waals surface area contributed by atoms with Crippen molar-refractivity contribution >= 4 is 17.4 Å². The summed E-state index contributed by atoms with van der Waals surface area (Å²) in [6, 6.07) is 10.6. The number of ether oxygens (including phenoxy) is 1. The fourth-order valence-electron chi connectivity index (χ4n) is 5.12. The average molecular weight is 423 g/mol. The van der Waals surface area contributed by atoms with E-state index < -0.39 is 6.04 Å². The van der Waals surface area contributed by atoms with Gasteiger partial charge in [-0.05, 0) is 68.1 Å². The molecule has 0 spiro atoms. The van der Waals surface area contributed by atoms with Crippen LogP contribution >= 0.6 is 0 Å². The van der Waals surface area contributed by atoms with Crippen molar-refractivity contribution in [1.29, 1.82) is 0 Å². The molecule has 0 unspecified atom stereocenters. The number of nitrogens with zero attached hydrogens (tertiary/aromatic N) is 3. The van der Waals surface area contributed by atoms with Gasteiger partial charge in [-0.1, -0.05) is 25.1 Å². The minimum absolute atomic E-state index is 0.149. The Labute approximate surface area is 181 Å². The molecule has 3 heterocycles. The van der Waals surface area contributed by atoms with Crippen molar-refractivity contribution in [1.82, 2.24) is 10.3 Å². The van der Waals surface area contributed by atoms with Gasteiger partial charge in [-0.2, -0.15) is 5.10 Å². The summed E-state index contributed by atoms with van der Waals surface area (Å²) in [7, 11) is 2.14. The zero-order valence-corrected chi connectivity index (χ0v) is 18.1. The number of halogens is 1. The molecule has 6 nitrogen and oxygen atoms in total. The summed E-state index contributed by atoms with van der Waals surface area (Å²) in [5.74, 6) is 1.65. The lowest BCUT2D eigenvalue weighted by Gasteiger charge is -2.40. The number of nitrogens with one attached hydrogen (secondary N) is 1. The highest BCUT2D eigenvalue weighted by molar-refractivity contribution is 6.09. The van der Waals surface area contributed by atoms with Gasteiger partial charge in [-0.3, -0.25) is 4.79 Å². The fraction of sp³-hybridized carbons (Fsp3) is 0.417. The molecule has 0 aromatic heterocycles. The molecule has 5 rings (SSSR count). The van der Waals surface area contributed by atoms with Gasteiger partial charge in [0, 0.05) is 12.1 Å². The number of anilines is 1. The molecular formula is C24H27FN4O2. The predicted octanol–water partition coefficient (Wildman–Crippen LogP) is 3.58. The number of hydrazone groups is 1. The number of carbonyl (C=O) groups excluding carboxylic acids is 1. The average Bonchev–Trinajstić information content (AvgIpc) is 2.75. The monoisotopic (exact) mass is 422 g/mol. The van der Waals surface area contributed by atoms with Crippen LogP contribution in [0, 0.1) is 11.7 Å². The van der Waals surface area contributed by atoms with Crippen molar-refractivity contribution in [2.24, 2.45) is 11.0 Å². The Bertz CT molecular complexity index is 1070. The molecule has 1 amide bonds. The van der Waals surface area contributed by atoms with Gasteiger partial charge in [-0.25, -0.2) is 9.82 Å². The summed E-state index contributed by atoms with van der Waals surface area (Å²) < 4.78 is 20.9. The Hall–Kier alpha value is -2.93. The molecule has 1 fully saturated rings. The number of fused-ring (bicyclic) bond motifs is 3. The van der Waals surface area contributed by atoms with E-state index in [1.165, 1.54) is 6.07 Å². The van der Waals surface area contributed by atoms with Crippen molar-refractivity contribution in [2.45, 2.75) is 32.2 Å². The zero-order valence-electron chi connectivity index (χ0n) is 18.1. The quantitative estimate of drug-likeness (QED) is 0.804. The van der Waals surface area contributed by atoms with Crippen molar-refractivity contribution in [3.05, 3.63) is 47.8 Å². The highest BCUT2D eigenvalue weighted by atomic mass is 19.1. The first-order chi connectivity index (χ1) is 14.9. The number of likely N-dealkylation sites (tertiary alicyclic amines) is 1. The highest BCUT2D eigenvalue weighted by Crippen LogP contribution is 2.46. The number of carbonyl (C=O) groups is 1. The van der Waals surface area contributed by atoms with Gasteiger partial charge >= 0.3 is 0 Å². The van der Waals surface area contributed by atoms with Crippen LogP contribution in [0.3, 0.4) is 0 Å². The predicted molar refractivity (Wildman–Crippen MR) is 119 cm³/mol. The van der Waals surface area contributed by atoms with Crippen LogP contribution in [0.25, 0.3) is 11.1 Å². The molecule has 31 heavy (non-hydrogen) atoms. The van der Waals surface area contributed by atoms with Gasteiger partial charge in [0.1, 0.15) is 24.2 Å². The molecule has 0 saturated carbocycles. The van der Waals surface area contributed by atoms with Gasteiger partial charge in [0.05, 0.1) is 5.69 Å². The van der Waals surface area contributed by atoms with E-state index in [1.54, 1.807) is 6.07 Å². The number of piperidine rings is 1. The number of amidine groups is 1. The van der Waals surface area contributed by atoms with Gasteiger partial charge in [-0.15, -0.1) is 0 Å². The van der Waals surface area contributed by atoms with Crippen molar-refractivity contribution in [3.8, 4) is 16.9 Å². The third-order valence-electron chi connectivity index (χ3n) is 6.76. The second-order valence-electron chi connectivity index (χ2n) is 8.86. The number of benzene rings is 2. The molecule has 7 heteroatoms. The summed E-state index contributed by atoms with van der Waals surface area (Å²) in [6.07, 6.45) is 0.996. The minimum Gasteiger partial charge on any atom is -0.483 e. The zero-order chi connectivity index (χ0) is 21.7. The molecule has 0 radical (unpaired) electrons. The molecule has 162 valence electrons. The highest BCUT2D eigenvalue weighted by Gasteiger charge is 2.37. The van der Waals surface area contributed by atoms with E-state index in [0.29, 0.717) is 23.1 Å². The second-order valence-corrected chi connectivity index (χ2v) is 8.86. The maximum atomic E-state index is 14.9. The van der Waals surface area contributed by atoms with E-state index in [4.69, 9.17) is 4.74 Å². The molecule has 3 atom stereocenters. The largest absolute Gasteiger partial charge is 0.483 e. The minimum atomic E-state index is -0.391. The van der Waals surface area contributed by atoms with Crippen LogP contribution in [0.5, 0.6) is 5.75 Å². The molecule has 1 N–H and O–H groups in total. The van der Waals surface area contributed by atoms with E-state index in [0.717, 1.165) is 36.3 Å². The third-order valence-corrected chi connectivity index (χ3v) is 6.76. The van der Waals surface area contributed by atoms with Crippen LogP contribution in [0.2, 0.25) is 0 Å². The summed E-state index contributed by atoms with van der Waals surface area (Å²) in [5.41, 5.74) is 5.95. The molecular weight excluding hydrogens is 395 g/mol. The second kappa shape index (κ2) is 7.64. The molecule has 2 aromatic rings. The Balaban J connectivity index is 1.70. The lowest BCUT2D eigenvalue weighted by molar-refractivity contribution is -0.122. The Kier molecular flexibility index (Phi) is 4.93. The van der Waals surface area contributed by atoms with Crippen LogP contribution in [0.4, 0.5) is 10.1 Å². The van der Waals surface area contributed by atoms with Crippen molar-refractivity contribution in [3.63, 3.8) is 0 Å². The maximum Gasteiger partial charge on any atom is 0.262 e. The SMILES string of the molecule is C[C@@H]1C(=O)NN=C2COc3cc(-c4ccccc4F)c([C@@H]4CCN(C)C[C@@H]4C)cc3N21. The summed E-state index contributed by atoms with van der Waals surface area (Å²) in [4.78, 5) is 16.6. The van der Waals surface area contributed by atoms with Gasteiger partial charge < -0.3 is 14.5 Å². The van der Waals surface area contributed by atoms with Gasteiger partial charge in [0.25, 0.3) is 5.91 Å². The summed E-state index contributed by atoms with van der Waals surface area (Å²) in [5, 5.41) is 4.19. The smallest absolute Gasteiger partial charge is 0.262 e. The molecule has 1 saturated heterocycles. The van der Waals surface area contributed by atoms with Crippen molar-refractivity contribution in [2.75, 3.05) is 31.6 Å². The number of hydrogen-bond donors (Lipinski definition) is 1. The molecule has 3 aliphatic heterocycles. The van der Waals surface area contributed by atoms with Crippen LogP contribution in [0.1, 0.15) is 31.7 Å². The van der Waals surface area contributed by atoms with Crippen LogP contribution in [0.15, 0.2) is 41.5 Å². The van der Waals surface area contributed by atoms with Crippen molar-refractivity contribution < 1.29 is 13.9 Å². The molecule has 2 aromatic carbocycles. The van der Waals surface area contributed by atoms with Gasteiger partial charge in [0.2, 0.25) is 0 Å². The van der Waals surface area contributed by atoms with E-state index >= 15 is 0 Å². The number of hydrogen-bond acceptors (Lipinski definition) is 5. The Morgan fingerprint density at radius 2 is 2.00 bits per heavy atom. The normalized spacial score (nSPS) is 25.8. The summed E-state index contributed by atoms with van der Waals surface area (Å²) >= 11 is 0. The van der Waals surface area contributed by atoms with E-state index in [9.17, 15) is 9.18 Å². The van der Waals surface area contributed by atoms with Crippen LogP contribution < -0.4 is 15.1 Å². The maximum absolute atomic E-state index is 14.9. The third kappa shape index (κ3) is 3.37. The first-order valence-electron chi connectivity index (χ1n) is 10.8. The standard InChI is InChI=1S/C24H27FN4O2/c1-14-12-28(3)9-8-16(14)18-10-21-22(11-19(18)17-6-4-5-7-20(17)25)31-13-23-26-27-24(30)15(2)29(21)23/h4-7,10-11,14-16H,8-9,12-13H2,1-3H3,(H,27,30)/t14-,15+,16+/m0/s1. The first kappa shape index (κ1) is 20.0. The first-order valence-corrected chi connectivity index (χ1v) is 10.8. The number of rotatable bonds is 2. The summed E-state index contributed by atoms with van der Waals surface area (Å²) in [6.45, 7) is 6.37. The molecule has 0 bridgehead atoms. The number of amides is 1. The lowest BCUT2D eigenvalue weighted by atomic mass is 9.78. The Morgan fingerprint density at radius 3 is 2.77 bits per heavy atom.